The summed E-state index contributed by atoms with van der Waals surface area (Å²) in [7, 11) is 0. The largest absolute Gasteiger partial charge is 0.384 e. The molecule has 1 heterocycles. The lowest BCUT2D eigenvalue weighted by molar-refractivity contribution is 0.851. The average Bonchev–Trinajstić information content (AvgIpc) is 2.38. The molecule has 2 rings (SSSR count). The highest BCUT2D eigenvalue weighted by Crippen LogP contribution is 2.21. The molecule has 0 spiro atoms. The lowest BCUT2D eigenvalue weighted by Gasteiger charge is -2.17. The number of anilines is 2. The van der Waals surface area contributed by atoms with E-state index in [1.54, 1.807) is 6.07 Å². The molecule has 1 atom stereocenters. The molecule has 1 aromatic carbocycles. The van der Waals surface area contributed by atoms with Gasteiger partial charge in [0.15, 0.2) is 0 Å². The van der Waals surface area contributed by atoms with E-state index in [0.717, 1.165) is 18.1 Å². The standard InChI is InChI=1S/C15H20N4/c1-4-14-18-13(16)9-15(19-14)17-11(3)12-8-6-5-7-10(12)2/h5-9,11H,4H2,1-3H3,(H3,16,17,18,19). The topological polar surface area (TPSA) is 63.8 Å². The average molecular weight is 256 g/mol. The van der Waals surface area contributed by atoms with Crippen molar-refractivity contribution in [3.8, 4) is 0 Å². The van der Waals surface area contributed by atoms with E-state index in [1.165, 1.54) is 11.1 Å². The van der Waals surface area contributed by atoms with Crippen molar-refractivity contribution < 1.29 is 0 Å². The van der Waals surface area contributed by atoms with Gasteiger partial charge in [-0.25, -0.2) is 9.97 Å². The minimum atomic E-state index is 0.181. The second-order valence-corrected chi connectivity index (χ2v) is 4.67. The van der Waals surface area contributed by atoms with E-state index in [-0.39, 0.29) is 6.04 Å². The van der Waals surface area contributed by atoms with Gasteiger partial charge in [-0.05, 0) is 25.0 Å². The van der Waals surface area contributed by atoms with E-state index >= 15 is 0 Å². The number of rotatable bonds is 4. The van der Waals surface area contributed by atoms with Crippen LogP contribution in [0.15, 0.2) is 30.3 Å². The molecule has 0 amide bonds. The number of aryl methyl sites for hydroxylation is 2. The molecule has 0 radical (unpaired) electrons. The van der Waals surface area contributed by atoms with Crippen LogP contribution in [0.2, 0.25) is 0 Å². The van der Waals surface area contributed by atoms with E-state index < -0.39 is 0 Å². The van der Waals surface area contributed by atoms with Crippen LogP contribution in [0.25, 0.3) is 0 Å². The second kappa shape index (κ2) is 5.69. The molecule has 0 bridgehead atoms. The molecular weight excluding hydrogens is 236 g/mol. The van der Waals surface area contributed by atoms with Gasteiger partial charge in [0.05, 0.1) is 6.04 Å². The first kappa shape index (κ1) is 13.3. The molecule has 0 fully saturated rings. The summed E-state index contributed by atoms with van der Waals surface area (Å²) < 4.78 is 0. The van der Waals surface area contributed by atoms with E-state index in [9.17, 15) is 0 Å². The van der Waals surface area contributed by atoms with Crippen LogP contribution in [0.4, 0.5) is 11.6 Å². The predicted octanol–water partition coefficient (Wildman–Crippen LogP) is 3.10. The number of benzene rings is 1. The van der Waals surface area contributed by atoms with Gasteiger partial charge < -0.3 is 11.1 Å². The van der Waals surface area contributed by atoms with Crippen LogP contribution in [0.3, 0.4) is 0 Å². The quantitative estimate of drug-likeness (QED) is 0.882. The van der Waals surface area contributed by atoms with Crippen molar-refractivity contribution in [3.63, 3.8) is 0 Å². The third-order valence-corrected chi connectivity index (χ3v) is 3.13. The Hall–Kier alpha value is -2.10. The second-order valence-electron chi connectivity index (χ2n) is 4.67. The van der Waals surface area contributed by atoms with Crippen LogP contribution in [-0.4, -0.2) is 9.97 Å². The fourth-order valence-corrected chi connectivity index (χ4v) is 2.12. The molecule has 19 heavy (non-hydrogen) atoms. The smallest absolute Gasteiger partial charge is 0.132 e. The van der Waals surface area contributed by atoms with Crippen LogP contribution in [0.1, 0.15) is 36.8 Å². The van der Waals surface area contributed by atoms with Crippen LogP contribution >= 0.6 is 0 Å². The van der Waals surface area contributed by atoms with Crippen molar-refractivity contribution in [3.05, 3.63) is 47.3 Å². The number of nitrogens with one attached hydrogen (secondary N) is 1. The van der Waals surface area contributed by atoms with Gasteiger partial charge in [0.25, 0.3) is 0 Å². The Bertz CT molecular complexity index is 566. The summed E-state index contributed by atoms with van der Waals surface area (Å²) >= 11 is 0. The number of hydrogen-bond donors (Lipinski definition) is 2. The Morgan fingerprint density at radius 3 is 2.68 bits per heavy atom. The molecule has 0 aliphatic rings. The Kier molecular flexibility index (Phi) is 4.00. The van der Waals surface area contributed by atoms with Crippen LogP contribution in [-0.2, 0) is 6.42 Å². The molecule has 0 saturated heterocycles. The lowest BCUT2D eigenvalue weighted by atomic mass is 10.0. The van der Waals surface area contributed by atoms with E-state index in [0.29, 0.717) is 5.82 Å². The van der Waals surface area contributed by atoms with E-state index in [2.05, 4.69) is 41.3 Å². The van der Waals surface area contributed by atoms with Crippen molar-refractivity contribution in [2.45, 2.75) is 33.2 Å². The first-order valence-electron chi connectivity index (χ1n) is 6.55. The molecule has 1 aromatic heterocycles. The molecular formula is C15H20N4. The molecule has 100 valence electrons. The molecule has 2 aromatic rings. The summed E-state index contributed by atoms with van der Waals surface area (Å²) in [4.78, 5) is 8.62. The minimum absolute atomic E-state index is 0.181. The number of nitrogen functional groups attached to an aromatic ring is 1. The van der Waals surface area contributed by atoms with Crippen molar-refractivity contribution in [2.75, 3.05) is 11.1 Å². The molecule has 0 aliphatic carbocycles. The molecule has 4 nitrogen and oxygen atoms in total. The van der Waals surface area contributed by atoms with Crippen molar-refractivity contribution in [1.29, 1.82) is 0 Å². The van der Waals surface area contributed by atoms with Crippen molar-refractivity contribution >= 4 is 11.6 Å². The third kappa shape index (κ3) is 3.22. The lowest BCUT2D eigenvalue weighted by Crippen LogP contribution is -2.11. The summed E-state index contributed by atoms with van der Waals surface area (Å²) in [6.07, 6.45) is 0.776. The number of nitrogens with zero attached hydrogens (tertiary/aromatic N) is 2. The maximum Gasteiger partial charge on any atom is 0.132 e. The molecule has 0 saturated carbocycles. The van der Waals surface area contributed by atoms with Gasteiger partial charge in [0.2, 0.25) is 0 Å². The predicted molar refractivity (Wildman–Crippen MR) is 79.0 cm³/mol. The number of nitrogens with two attached hydrogens (primary N) is 1. The van der Waals surface area contributed by atoms with Gasteiger partial charge in [-0.3, -0.25) is 0 Å². The van der Waals surface area contributed by atoms with Gasteiger partial charge in [-0.2, -0.15) is 0 Å². The zero-order valence-electron chi connectivity index (χ0n) is 11.6. The Morgan fingerprint density at radius 2 is 2.00 bits per heavy atom. The normalized spacial score (nSPS) is 12.2. The van der Waals surface area contributed by atoms with Crippen molar-refractivity contribution in [1.82, 2.24) is 9.97 Å². The maximum atomic E-state index is 5.79. The van der Waals surface area contributed by atoms with Gasteiger partial charge in [-0.15, -0.1) is 0 Å². The highest BCUT2D eigenvalue weighted by atomic mass is 15.1. The Labute approximate surface area is 114 Å². The van der Waals surface area contributed by atoms with Crippen molar-refractivity contribution in [2.24, 2.45) is 0 Å². The maximum absolute atomic E-state index is 5.79. The highest BCUT2D eigenvalue weighted by molar-refractivity contribution is 5.47. The fourth-order valence-electron chi connectivity index (χ4n) is 2.12. The summed E-state index contributed by atoms with van der Waals surface area (Å²) in [6, 6.07) is 10.3. The molecule has 4 heteroatoms. The molecule has 0 aliphatic heterocycles. The SMILES string of the molecule is CCc1nc(N)cc(NC(C)c2ccccc2C)n1. The Balaban J connectivity index is 2.21. The van der Waals surface area contributed by atoms with Gasteiger partial charge >= 0.3 is 0 Å². The van der Waals surface area contributed by atoms with Gasteiger partial charge in [-0.1, -0.05) is 31.2 Å². The number of hydrogen-bond acceptors (Lipinski definition) is 4. The highest BCUT2D eigenvalue weighted by Gasteiger charge is 2.09. The summed E-state index contributed by atoms with van der Waals surface area (Å²) in [5.74, 6) is 2.05. The van der Waals surface area contributed by atoms with E-state index in [4.69, 9.17) is 5.73 Å². The summed E-state index contributed by atoms with van der Waals surface area (Å²) in [5, 5.41) is 3.38. The summed E-state index contributed by atoms with van der Waals surface area (Å²) in [6.45, 7) is 6.24. The Morgan fingerprint density at radius 1 is 1.26 bits per heavy atom. The monoisotopic (exact) mass is 256 g/mol. The first-order chi connectivity index (χ1) is 9.10. The van der Waals surface area contributed by atoms with Crippen LogP contribution < -0.4 is 11.1 Å². The fraction of sp³-hybridized carbons (Fsp3) is 0.333. The van der Waals surface area contributed by atoms with E-state index in [1.807, 2.05) is 19.1 Å². The summed E-state index contributed by atoms with van der Waals surface area (Å²) in [5.41, 5.74) is 8.31. The first-order valence-corrected chi connectivity index (χ1v) is 6.55. The number of aromatic nitrogens is 2. The molecule has 1 unspecified atom stereocenters. The van der Waals surface area contributed by atoms with Gasteiger partial charge in [0, 0.05) is 12.5 Å². The minimum Gasteiger partial charge on any atom is -0.384 e. The van der Waals surface area contributed by atoms with Gasteiger partial charge in [0.1, 0.15) is 17.5 Å². The zero-order valence-corrected chi connectivity index (χ0v) is 11.6. The molecule has 3 N–H and O–H groups in total. The zero-order chi connectivity index (χ0) is 13.8. The third-order valence-electron chi connectivity index (χ3n) is 3.13. The van der Waals surface area contributed by atoms with Crippen LogP contribution in [0, 0.1) is 6.92 Å². The van der Waals surface area contributed by atoms with Crippen LogP contribution in [0.5, 0.6) is 0 Å².